The second kappa shape index (κ2) is 4.28. The minimum atomic E-state index is 0.200. The van der Waals surface area contributed by atoms with Gasteiger partial charge in [0, 0.05) is 6.04 Å². The molecule has 1 unspecified atom stereocenters. The van der Waals surface area contributed by atoms with Gasteiger partial charge in [0.1, 0.15) is 5.75 Å². The van der Waals surface area contributed by atoms with E-state index in [0.29, 0.717) is 0 Å². The van der Waals surface area contributed by atoms with Crippen molar-refractivity contribution >= 4 is 0 Å². The maximum absolute atomic E-state index is 5.74. The van der Waals surface area contributed by atoms with Crippen molar-refractivity contribution in [1.29, 1.82) is 0 Å². The first-order valence-corrected chi connectivity index (χ1v) is 4.53. The highest BCUT2D eigenvalue weighted by Crippen LogP contribution is 2.21. The zero-order valence-electron chi connectivity index (χ0n) is 8.50. The van der Waals surface area contributed by atoms with E-state index in [1.165, 1.54) is 11.1 Å². The summed E-state index contributed by atoms with van der Waals surface area (Å²) in [5, 5.41) is 0. The van der Waals surface area contributed by atoms with Gasteiger partial charge in [-0.2, -0.15) is 0 Å². The van der Waals surface area contributed by atoms with E-state index in [4.69, 9.17) is 10.5 Å². The van der Waals surface area contributed by atoms with Crippen molar-refractivity contribution in [3.63, 3.8) is 0 Å². The lowest BCUT2D eigenvalue weighted by molar-refractivity contribution is 0.411. The van der Waals surface area contributed by atoms with E-state index >= 15 is 0 Å². The molecule has 1 aromatic carbocycles. The number of methoxy groups -OCH3 is 1. The zero-order valence-corrected chi connectivity index (χ0v) is 8.50. The minimum absolute atomic E-state index is 0.200. The number of ether oxygens (including phenoxy) is 1. The van der Waals surface area contributed by atoms with Gasteiger partial charge in [-0.1, -0.05) is 12.1 Å². The first-order valence-electron chi connectivity index (χ1n) is 4.53. The van der Waals surface area contributed by atoms with Gasteiger partial charge in [-0.15, -0.1) is 0 Å². The van der Waals surface area contributed by atoms with Crippen LogP contribution in [0.4, 0.5) is 0 Å². The van der Waals surface area contributed by atoms with Crippen LogP contribution in [0.1, 0.15) is 18.1 Å². The minimum Gasteiger partial charge on any atom is -0.496 e. The molecule has 0 aliphatic heterocycles. The molecule has 0 aromatic heterocycles. The molecule has 1 rings (SSSR count). The van der Waals surface area contributed by atoms with Gasteiger partial charge in [-0.3, -0.25) is 0 Å². The van der Waals surface area contributed by atoms with Gasteiger partial charge in [0.05, 0.1) is 7.11 Å². The fourth-order valence-electron chi connectivity index (χ4n) is 1.45. The third-order valence-electron chi connectivity index (χ3n) is 2.16. The van der Waals surface area contributed by atoms with Crippen LogP contribution in [0.3, 0.4) is 0 Å². The molecule has 72 valence electrons. The van der Waals surface area contributed by atoms with Gasteiger partial charge in [-0.05, 0) is 37.5 Å². The van der Waals surface area contributed by atoms with E-state index in [2.05, 4.69) is 13.0 Å². The Hall–Kier alpha value is -1.02. The van der Waals surface area contributed by atoms with E-state index in [-0.39, 0.29) is 6.04 Å². The van der Waals surface area contributed by atoms with Gasteiger partial charge in [0.2, 0.25) is 0 Å². The van der Waals surface area contributed by atoms with Crippen molar-refractivity contribution in [3.8, 4) is 5.75 Å². The second-order valence-corrected chi connectivity index (χ2v) is 3.43. The highest BCUT2D eigenvalue weighted by molar-refractivity contribution is 5.39. The Morgan fingerprint density at radius 2 is 2.15 bits per heavy atom. The van der Waals surface area contributed by atoms with Gasteiger partial charge >= 0.3 is 0 Å². The molecule has 0 aliphatic carbocycles. The van der Waals surface area contributed by atoms with Crippen LogP contribution in [0.25, 0.3) is 0 Å². The monoisotopic (exact) mass is 179 g/mol. The van der Waals surface area contributed by atoms with Crippen molar-refractivity contribution in [2.24, 2.45) is 5.73 Å². The number of hydrogen-bond acceptors (Lipinski definition) is 2. The Kier molecular flexibility index (Phi) is 3.32. The molecular formula is C11H17NO. The first-order chi connectivity index (χ1) is 6.15. The molecule has 2 nitrogen and oxygen atoms in total. The van der Waals surface area contributed by atoms with Crippen LogP contribution in [0, 0.1) is 6.92 Å². The summed E-state index contributed by atoms with van der Waals surface area (Å²) in [5.41, 5.74) is 8.21. The molecule has 1 atom stereocenters. The van der Waals surface area contributed by atoms with Crippen molar-refractivity contribution in [2.75, 3.05) is 7.11 Å². The maximum atomic E-state index is 5.74. The van der Waals surface area contributed by atoms with Crippen LogP contribution in [0.5, 0.6) is 5.75 Å². The van der Waals surface area contributed by atoms with Gasteiger partial charge in [0.25, 0.3) is 0 Å². The lowest BCUT2D eigenvalue weighted by atomic mass is 10.0. The summed E-state index contributed by atoms with van der Waals surface area (Å²) in [7, 11) is 1.69. The summed E-state index contributed by atoms with van der Waals surface area (Å²) >= 11 is 0. The number of nitrogens with two attached hydrogens (primary N) is 1. The summed E-state index contributed by atoms with van der Waals surface area (Å²) in [6.45, 7) is 4.08. The van der Waals surface area contributed by atoms with Crippen LogP contribution in [-0.4, -0.2) is 13.2 Å². The topological polar surface area (TPSA) is 35.2 Å². The maximum Gasteiger partial charge on any atom is 0.122 e. The van der Waals surface area contributed by atoms with Crippen LogP contribution in [-0.2, 0) is 6.42 Å². The Labute approximate surface area is 79.7 Å². The molecule has 2 heteroatoms. The molecule has 0 fully saturated rings. The van der Waals surface area contributed by atoms with Crippen molar-refractivity contribution in [1.82, 2.24) is 0 Å². The highest BCUT2D eigenvalue weighted by Gasteiger charge is 2.05. The Bertz CT molecular complexity index is 281. The summed E-state index contributed by atoms with van der Waals surface area (Å²) in [6, 6.07) is 6.27. The van der Waals surface area contributed by atoms with Crippen LogP contribution in [0.2, 0.25) is 0 Å². The van der Waals surface area contributed by atoms with Crippen LogP contribution >= 0.6 is 0 Å². The predicted octanol–water partition coefficient (Wildman–Crippen LogP) is 1.89. The Morgan fingerprint density at radius 3 is 2.69 bits per heavy atom. The molecule has 0 radical (unpaired) electrons. The molecular weight excluding hydrogens is 162 g/mol. The molecule has 0 amide bonds. The second-order valence-electron chi connectivity index (χ2n) is 3.43. The Morgan fingerprint density at radius 1 is 1.46 bits per heavy atom. The quantitative estimate of drug-likeness (QED) is 0.769. The number of hydrogen-bond donors (Lipinski definition) is 1. The predicted molar refractivity (Wildman–Crippen MR) is 55.1 cm³/mol. The SMILES string of the molecule is COc1cccc(CC(C)N)c1C. The van der Waals surface area contributed by atoms with E-state index in [1.807, 2.05) is 19.1 Å². The van der Waals surface area contributed by atoms with Crippen LogP contribution in [0.15, 0.2) is 18.2 Å². The molecule has 0 saturated carbocycles. The lowest BCUT2D eigenvalue weighted by Gasteiger charge is -2.11. The van der Waals surface area contributed by atoms with Crippen LogP contribution < -0.4 is 10.5 Å². The van der Waals surface area contributed by atoms with E-state index in [0.717, 1.165) is 12.2 Å². The number of rotatable bonds is 3. The average molecular weight is 179 g/mol. The van der Waals surface area contributed by atoms with Gasteiger partial charge in [-0.25, -0.2) is 0 Å². The molecule has 0 spiro atoms. The largest absolute Gasteiger partial charge is 0.496 e. The first kappa shape index (κ1) is 10.1. The third-order valence-corrected chi connectivity index (χ3v) is 2.16. The highest BCUT2D eigenvalue weighted by atomic mass is 16.5. The standard InChI is InChI=1S/C11H17NO/c1-8(12)7-10-5-4-6-11(13-3)9(10)2/h4-6,8H,7,12H2,1-3H3. The molecule has 0 aliphatic rings. The van der Waals surface area contributed by atoms with E-state index in [9.17, 15) is 0 Å². The Balaban J connectivity index is 2.94. The third kappa shape index (κ3) is 2.46. The summed E-state index contributed by atoms with van der Waals surface area (Å²) in [5.74, 6) is 0.943. The smallest absolute Gasteiger partial charge is 0.122 e. The molecule has 0 bridgehead atoms. The molecule has 0 heterocycles. The number of benzene rings is 1. The van der Waals surface area contributed by atoms with Crippen molar-refractivity contribution in [2.45, 2.75) is 26.3 Å². The van der Waals surface area contributed by atoms with Crippen molar-refractivity contribution in [3.05, 3.63) is 29.3 Å². The molecule has 1 aromatic rings. The average Bonchev–Trinajstić information content (AvgIpc) is 2.08. The summed E-state index contributed by atoms with van der Waals surface area (Å²) in [6.07, 6.45) is 0.906. The molecule has 0 saturated heterocycles. The van der Waals surface area contributed by atoms with E-state index in [1.54, 1.807) is 7.11 Å². The van der Waals surface area contributed by atoms with Crippen molar-refractivity contribution < 1.29 is 4.74 Å². The van der Waals surface area contributed by atoms with E-state index < -0.39 is 0 Å². The fraction of sp³-hybridized carbons (Fsp3) is 0.455. The lowest BCUT2D eigenvalue weighted by Crippen LogP contribution is -2.18. The zero-order chi connectivity index (χ0) is 9.84. The fourth-order valence-corrected chi connectivity index (χ4v) is 1.45. The summed E-state index contributed by atoms with van der Waals surface area (Å²) in [4.78, 5) is 0. The van der Waals surface area contributed by atoms with Gasteiger partial charge < -0.3 is 10.5 Å². The molecule has 13 heavy (non-hydrogen) atoms. The normalized spacial score (nSPS) is 12.6. The van der Waals surface area contributed by atoms with Gasteiger partial charge in [0.15, 0.2) is 0 Å². The molecule has 2 N–H and O–H groups in total. The summed E-state index contributed by atoms with van der Waals surface area (Å²) < 4.78 is 5.23.